The van der Waals surface area contributed by atoms with Gasteiger partial charge in [-0.3, -0.25) is 9.59 Å². The zero-order chi connectivity index (χ0) is 22.3. The molecule has 0 spiro atoms. The van der Waals surface area contributed by atoms with Gasteiger partial charge in [-0.1, -0.05) is 36.6 Å². The van der Waals surface area contributed by atoms with Gasteiger partial charge in [0.2, 0.25) is 15.9 Å². The molecule has 0 aliphatic heterocycles. The number of sulfonamides is 1. The number of hydrogen-bond acceptors (Lipinski definition) is 4. The van der Waals surface area contributed by atoms with Crippen LogP contribution in [0.5, 0.6) is 0 Å². The van der Waals surface area contributed by atoms with E-state index in [-0.39, 0.29) is 29.3 Å². The number of amides is 2. The summed E-state index contributed by atoms with van der Waals surface area (Å²) in [6, 6.07) is 13.1. The average molecular weight is 464 g/mol. The molecule has 166 valence electrons. The molecule has 0 atom stereocenters. The first-order valence-corrected chi connectivity index (χ1v) is 12.1. The number of rotatable bonds is 9. The molecule has 0 saturated heterocycles. The van der Waals surface area contributed by atoms with Crippen molar-refractivity contribution >= 4 is 33.4 Å². The number of carbonyl (C=O) groups excluding carboxylic acids is 2. The van der Waals surface area contributed by atoms with Gasteiger partial charge in [-0.25, -0.2) is 13.1 Å². The summed E-state index contributed by atoms with van der Waals surface area (Å²) in [4.78, 5) is 24.2. The smallest absolute Gasteiger partial charge is 0.251 e. The van der Waals surface area contributed by atoms with Crippen LogP contribution in [0, 0.1) is 0 Å². The zero-order valence-corrected chi connectivity index (χ0v) is 18.6. The lowest BCUT2D eigenvalue weighted by molar-refractivity contribution is -0.120. The number of benzene rings is 2. The number of halogens is 1. The Bertz CT molecular complexity index is 1000. The summed E-state index contributed by atoms with van der Waals surface area (Å²) in [6.45, 7) is 0.244. The Balaban J connectivity index is 1.40. The molecular formula is C22H26ClN3O4S. The van der Waals surface area contributed by atoms with E-state index in [4.69, 9.17) is 11.6 Å². The Morgan fingerprint density at radius 1 is 0.935 bits per heavy atom. The average Bonchev–Trinajstić information content (AvgIpc) is 3.25. The Labute approximate surface area is 187 Å². The molecule has 9 heteroatoms. The molecule has 7 nitrogen and oxygen atoms in total. The second kappa shape index (κ2) is 10.7. The molecule has 1 saturated carbocycles. The van der Waals surface area contributed by atoms with E-state index in [1.807, 2.05) is 0 Å². The number of carbonyl (C=O) groups is 2. The molecule has 2 aromatic rings. The van der Waals surface area contributed by atoms with Gasteiger partial charge in [-0.2, -0.15) is 0 Å². The Hall–Kier alpha value is -2.42. The summed E-state index contributed by atoms with van der Waals surface area (Å²) in [6.07, 6.45) is 4.44. The van der Waals surface area contributed by atoms with Crippen molar-refractivity contribution in [2.45, 2.75) is 43.0 Å². The van der Waals surface area contributed by atoms with Crippen molar-refractivity contribution in [3.63, 3.8) is 0 Å². The Morgan fingerprint density at radius 2 is 1.58 bits per heavy atom. The fourth-order valence-corrected chi connectivity index (χ4v) is 4.87. The van der Waals surface area contributed by atoms with E-state index >= 15 is 0 Å². The highest BCUT2D eigenvalue weighted by Gasteiger charge is 2.22. The van der Waals surface area contributed by atoms with E-state index in [1.165, 1.54) is 0 Å². The van der Waals surface area contributed by atoms with E-state index in [1.54, 1.807) is 48.5 Å². The highest BCUT2D eigenvalue weighted by atomic mass is 35.5. The minimum absolute atomic E-state index is 0.0278. The van der Waals surface area contributed by atoms with Crippen molar-refractivity contribution in [1.82, 2.24) is 15.4 Å². The maximum Gasteiger partial charge on any atom is 0.251 e. The summed E-state index contributed by atoms with van der Waals surface area (Å²) in [5.74, 6) is -0.655. The van der Waals surface area contributed by atoms with Gasteiger partial charge in [0.05, 0.1) is 11.4 Å². The number of hydrogen-bond donors (Lipinski definition) is 3. The molecule has 1 aliphatic carbocycles. The minimum atomic E-state index is -3.50. The quantitative estimate of drug-likeness (QED) is 0.531. The predicted molar refractivity (Wildman–Crippen MR) is 120 cm³/mol. The van der Waals surface area contributed by atoms with Crippen molar-refractivity contribution in [1.29, 1.82) is 0 Å². The first-order chi connectivity index (χ1) is 14.8. The maximum atomic E-state index is 12.4. The van der Waals surface area contributed by atoms with Gasteiger partial charge in [0.25, 0.3) is 5.91 Å². The first kappa shape index (κ1) is 23.2. The molecule has 3 N–H and O–H groups in total. The molecule has 0 radical (unpaired) electrons. The molecule has 31 heavy (non-hydrogen) atoms. The molecule has 1 aliphatic rings. The molecule has 1 fully saturated rings. The third-order valence-electron chi connectivity index (χ3n) is 5.16. The molecule has 0 heterocycles. The normalized spacial score (nSPS) is 14.4. The van der Waals surface area contributed by atoms with Crippen LogP contribution in [-0.4, -0.2) is 39.4 Å². The summed E-state index contributed by atoms with van der Waals surface area (Å²) >= 11 is 5.79. The van der Waals surface area contributed by atoms with E-state index in [9.17, 15) is 18.0 Å². The lowest BCUT2D eigenvalue weighted by atomic mass is 10.1. The molecule has 0 aromatic heterocycles. The second-order valence-corrected chi connectivity index (χ2v) is 9.69. The van der Waals surface area contributed by atoms with E-state index in [0.29, 0.717) is 23.6 Å². The predicted octanol–water partition coefficient (Wildman–Crippen LogP) is 2.65. The second-order valence-electron chi connectivity index (χ2n) is 7.54. The van der Waals surface area contributed by atoms with Crippen LogP contribution in [-0.2, 0) is 21.2 Å². The van der Waals surface area contributed by atoms with Crippen LogP contribution in [0.3, 0.4) is 0 Å². The topological polar surface area (TPSA) is 104 Å². The molecule has 0 bridgehead atoms. The fourth-order valence-electron chi connectivity index (χ4n) is 3.44. The van der Waals surface area contributed by atoms with Crippen molar-refractivity contribution in [2.75, 3.05) is 13.1 Å². The summed E-state index contributed by atoms with van der Waals surface area (Å²) < 4.78 is 27.6. The molecular weight excluding hydrogens is 438 g/mol. The molecule has 0 unspecified atom stereocenters. The van der Waals surface area contributed by atoms with Crippen LogP contribution in [0.25, 0.3) is 0 Å². The van der Waals surface area contributed by atoms with E-state index < -0.39 is 10.0 Å². The van der Waals surface area contributed by atoms with Crippen LogP contribution in [0.2, 0.25) is 5.02 Å². The van der Waals surface area contributed by atoms with Crippen LogP contribution < -0.4 is 15.4 Å². The first-order valence-electron chi connectivity index (χ1n) is 10.3. The van der Waals surface area contributed by atoms with Gasteiger partial charge in [0.1, 0.15) is 0 Å². The lowest BCUT2D eigenvalue weighted by Crippen LogP contribution is -2.37. The van der Waals surface area contributed by atoms with Crippen LogP contribution in [0.1, 0.15) is 41.6 Å². The third kappa shape index (κ3) is 7.05. The van der Waals surface area contributed by atoms with Gasteiger partial charge in [0, 0.05) is 23.2 Å². The zero-order valence-electron chi connectivity index (χ0n) is 17.1. The fraction of sp³-hybridized carbons (Fsp3) is 0.364. The third-order valence-corrected chi connectivity index (χ3v) is 6.95. The Kier molecular flexibility index (Phi) is 8.06. The van der Waals surface area contributed by atoms with Crippen molar-refractivity contribution < 1.29 is 18.0 Å². The Morgan fingerprint density at radius 3 is 2.23 bits per heavy atom. The van der Waals surface area contributed by atoms with Gasteiger partial charge in [0.15, 0.2) is 0 Å². The highest BCUT2D eigenvalue weighted by Crippen LogP contribution is 2.20. The van der Waals surface area contributed by atoms with Crippen molar-refractivity contribution in [3.05, 3.63) is 64.7 Å². The SMILES string of the molecule is O=C(CNC(=O)c1ccc(Cl)cc1)NCCc1ccc(S(=O)(=O)NC2CCCC2)cc1. The summed E-state index contributed by atoms with van der Waals surface area (Å²) in [7, 11) is -3.50. The van der Waals surface area contributed by atoms with Gasteiger partial charge >= 0.3 is 0 Å². The van der Waals surface area contributed by atoms with Crippen LogP contribution in [0.15, 0.2) is 53.4 Å². The lowest BCUT2D eigenvalue weighted by Gasteiger charge is -2.13. The molecule has 3 rings (SSSR count). The minimum Gasteiger partial charge on any atom is -0.354 e. The van der Waals surface area contributed by atoms with E-state index in [0.717, 1.165) is 31.2 Å². The van der Waals surface area contributed by atoms with Crippen LogP contribution in [0.4, 0.5) is 0 Å². The maximum absolute atomic E-state index is 12.4. The number of nitrogens with one attached hydrogen (secondary N) is 3. The van der Waals surface area contributed by atoms with Crippen LogP contribution >= 0.6 is 11.6 Å². The largest absolute Gasteiger partial charge is 0.354 e. The summed E-state index contributed by atoms with van der Waals surface area (Å²) in [5, 5.41) is 5.82. The standard InChI is InChI=1S/C22H26ClN3O4S/c23-18-9-7-17(8-10-18)22(28)25-15-21(27)24-14-13-16-5-11-20(12-6-16)31(29,30)26-19-3-1-2-4-19/h5-12,19,26H,1-4,13-15H2,(H,24,27)(H,25,28). The van der Waals surface area contributed by atoms with E-state index in [2.05, 4.69) is 15.4 Å². The van der Waals surface area contributed by atoms with Crippen molar-refractivity contribution in [2.24, 2.45) is 0 Å². The molecule has 2 amide bonds. The summed E-state index contributed by atoms with van der Waals surface area (Å²) in [5.41, 5.74) is 1.33. The highest BCUT2D eigenvalue weighted by molar-refractivity contribution is 7.89. The van der Waals surface area contributed by atoms with Gasteiger partial charge in [-0.05, 0) is 61.2 Å². The van der Waals surface area contributed by atoms with Crippen molar-refractivity contribution in [3.8, 4) is 0 Å². The van der Waals surface area contributed by atoms with Gasteiger partial charge in [-0.15, -0.1) is 0 Å². The molecule has 2 aromatic carbocycles. The van der Waals surface area contributed by atoms with Gasteiger partial charge < -0.3 is 10.6 Å². The monoisotopic (exact) mass is 463 g/mol.